The number of rotatable bonds is 11. The highest BCUT2D eigenvalue weighted by Crippen LogP contribution is 2.30. The highest BCUT2D eigenvalue weighted by molar-refractivity contribution is 5.85. The predicted molar refractivity (Wildman–Crippen MR) is 177 cm³/mol. The average Bonchev–Trinajstić information content (AvgIpc) is 3.11. The summed E-state index contributed by atoms with van der Waals surface area (Å²) in [5, 5.41) is 2.55. The van der Waals surface area contributed by atoms with E-state index in [0.717, 1.165) is 40.8 Å². The fourth-order valence-corrected chi connectivity index (χ4v) is 5.39. The fourth-order valence-electron chi connectivity index (χ4n) is 5.39. The lowest BCUT2D eigenvalue weighted by atomic mass is 9.96. The molecule has 0 aliphatic carbocycles. The fraction of sp³-hybridized carbons (Fsp3) is 0.289. The lowest BCUT2D eigenvalue weighted by molar-refractivity contribution is -0.145. The molecule has 0 radical (unpaired) electrons. The van der Waals surface area contributed by atoms with E-state index in [0.29, 0.717) is 36.3 Å². The van der Waals surface area contributed by atoms with Crippen LogP contribution >= 0.6 is 0 Å². The second-order valence-electron chi connectivity index (χ2n) is 11.7. The maximum Gasteiger partial charge on any atom is 0.419 e. The average molecular weight is 675 g/mol. The van der Waals surface area contributed by atoms with Crippen LogP contribution in [0.5, 0.6) is 5.75 Å². The molecule has 1 heterocycles. The summed E-state index contributed by atoms with van der Waals surface area (Å²) in [4.78, 5) is 40.1. The minimum Gasteiger partial charge on any atom is -0.489 e. The molecule has 11 heteroatoms. The Balaban J connectivity index is 1.16. The number of unbranched alkanes of at least 4 members (excludes halogenated alkanes) is 1. The van der Waals surface area contributed by atoms with Crippen LogP contribution in [0.3, 0.4) is 0 Å². The molecule has 0 aromatic heterocycles. The van der Waals surface area contributed by atoms with Gasteiger partial charge in [0.1, 0.15) is 12.4 Å². The quantitative estimate of drug-likeness (QED) is 0.0978. The van der Waals surface area contributed by atoms with Crippen LogP contribution < -0.4 is 10.1 Å². The van der Waals surface area contributed by atoms with Gasteiger partial charge in [-0.3, -0.25) is 4.79 Å². The number of ether oxygens (including phenoxy) is 3. The van der Waals surface area contributed by atoms with Crippen LogP contribution in [-0.4, -0.2) is 42.8 Å². The first-order valence-electron chi connectivity index (χ1n) is 16.1. The Hall–Kier alpha value is -5.32. The third-order valence-electron chi connectivity index (χ3n) is 8.21. The minimum atomic E-state index is -4.41. The standard InChI is InChI=1S/C38H37F3N2O6/c1-2-3-21-47-35(44)34(30-13-11-28(12-14-30)27-7-5-4-6-8-27)23-42-36(45)49-37(46)43-20-19-29-15-18-33(22-31(29)24-43)48-25-26-9-16-32(17-10-26)38(39,40)41/h4-18,22,34H,2-3,19-21,23-25H2,1H3,(H,42,45). The largest absolute Gasteiger partial charge is 0.489 e. The molecular formula is C38H37F3N2O6. The third-order valence-corrected chi connectivity index (χ3v) is 8.21. The molecule has 1 atom stereocenters. The molecule has 8 nitrogen and oxygen atoms in total. The number of halogens is 3. The Morgan fingerprint density at radius 3 is 2.29 bits per heavy atom. The maximum atomic E-state index is 13.0. The lowest BCUT2D eigenvalue weighted by Gasteiger charge is -2.28. The van der Waals surface area contributed by atoms with Crippen molar-refractivity contribution < 1.29 is 41.8 Å². The maximum absolute atomic E-state index is 13.0. The summed E-state index contributed by atoms with van der Waals surface area (Å²) in [6.07, 6.45) is -4.15. The van der Waals surface area contributed by atoms with Gasteiger partial charge in [-0.1, -0.05) is 86.1 Å². The van der Waals surface area contributed by atoms with Gasteiger partial charge in [0.05, 0.1) is 18.1 Å². The Labute approximate surface area is 282 Å². The number of carbonyl (C=O) groups excluding carboxylic acids is 3. The third kappa shape index (κ3) is 9.62. The first kappa shape index (κ1) is 35.0. The Kier molecular flexibility index (Phi) is 11.6. The monoisotopic (exact) mass is 674 g/mol. The molecule has 0 saturated carbocycles. The van der Waals surface area contributed by atoms with E-state index in [1.54, 1.807) is 12.1 Å². The first-order valence-corrected chi connectivity index (χ1v) is 16.1. The summed E-state index contributed by atoms with van der Waals surface area (Å²) in [7, 11) is 0. The van der Waals surface area contributed by atoms with E-state index in [-0.39, 0.29) is 26.3 Å². The summed E-state index contributed by atoms with van der Waals surface area (Å²) in [6, 6.07) is 27.4. The topological polar surface area (TPSA) is 94.2 Å². The van der Waals surface area contributed by atoms with Crippen molar-refractivity contribution in [3.05, 3.63) is 125 Å². The van der Waals surface area contributed by atoms with Gasteiger partial charge in [-0.2, -0.15) is 13.2 Å². The van der Waals surface area contributed by atoms with Gasteiger partial charge >= 0.3 is 24.3 Å². The lowest BCUT2D eigenvalue weighted by Crippen LogP contribution is -2.40. The van der Waals surface area contributed by atoms with Crippen LogP contribution in [0.4, 0.5) is 22.8 Å². The summed E-state index contributed by atoms with van der Waals surface area (Å²) < 4.78 is 54.9. The van der Waals surface area contributed by atoms with E-state index < -0.39 is 35.8 Å². The first-order chi connectivity index (χ1) is 23.6. The Bertz CT molecular complexity index is 1730. The normalized spacial score (nSPS) is 13.2. The second-order valence-corrected chi connectivity index (χ2v) is 11.7. The van der Waals surface area contributed by atoms with Crippen LogP contribution in [0, 0.1) is 0 Å². The van der Waals surface area contributed by atoms with Crippen molar-refractivity contribution in [1.29, 1.82) is 0 Å². The molecule has 4 aromatic carbocycles. The summed E-state index contributed by atoms with van der Waals surface area (Å²) in [6.45, 7) is 2.67. The molecule has 2 amide bonds. The summed E-state index contributed by atoms with van der Waals surface area (Å²) >= 11 is 0. The molecule has 1 unspecified atom stereocenters. The number of alkyl carbamates (subject to hydrolysis) is 1. The molecule has 1 aliphatic rings. The van der Waals surface area contributed by atoms with E-state index >= 15 is 0 Å². The van der Waals surface area contributed by atoms with Crippen molar-refractivity contribution in [2.45, 2.75) is 51.4 Å². The molecule has 5 rings (SSSR count). The van der Waals surface area contributed by atoms with E-state index in [2.05, 4.69) is 5.32 Å². The van der Waals surface area contributed by atoms with Crippen LogP contribution in [0.25, 0.3) is 11.1 Å². The number of benzene rings is 4. The number of nitrogens with one attached hydrogen (secondary N) is 1. The zero-order valence-corrected chi connectivity index (χ0v) is 27.0. The van der Waals surface area contributed by atoms with E-state index in [4.69, 9.17) is 14.2 Å². The van der Waals surface area contributed by atoms with Gasteiger partial charge in [0.15, 0.2) is 0 Å². The minimum absolute atomic E-state index is 0.0627. The van der Waals surface area contributed by atoms with Crippen LogP contribution in [-0.2, 0) is 40.0 Å². The molecule has 0 spiro atoms. The van der Waals surface area contributed by atoms with Crippen molar-refractivity contribution in [3.8, 4) is 16.9 Å². The molecule has 256 valence electrons. The predicted octanol–water partition coefficient (Wildman–Crippen LogP) is 8.28. The number of alkyl halides is 3. The Morgan fingerprint density at radius 1 is 0.878 bits per heavy atom. The number of hydrogen-bond acceptors (Lipinski definition) is 6. The summed E-state index contributed by atoms with van der Waals surface area (Å²) in [5.74, 6) is -0.816. The van der Waals surface area contributed by atoms with Gasteiger partial charge in [0.25, 0.3) is 0 Å². The van der Waals surface area contributed by atoms with Gasteiger partial charge < -0.3 is 24.4 Å². The van der Waals surface area contributed by atoms with Crippen molar-refractivity contribution in [2.24, 2.45) is 0 Å². The molecule has 0 bridgehead atoms. The zero-order valence-electron chi connectivity index (χ0n) is 27.0. The molecule has 1 N–H and O–H groups in total. The summed E-state index contributed by atoms with van der Waals surface area (Å²) in [5.41, 5.74) is 4.28. The second kappa shape index (κ2) is 16.2. The van der Waals surface area contributed by atoms with Crippen LogP contribution in [0.1, 0.15) is 53.5 Å². The van der Waals surface area contributed by atoms with Crippen molar-refractivity contribution in [2.75, 3.05) is 19.7 Å². The molecule has 0 fully saturated rings. The number of hydrogen-bond donors (Lipinski definition) is 1. The zero-order chi connectivity index (χ0) is 34.8. The smallest absolute Gasteiger partial charge is 0.419 e. The van der Waals surface area contributed by atoms with Crippen molar-refractivity contribution in [3.63, 3.8) is 0 Å². The van der Waals surface area contributed by atoms with Gasteiger partial charge in [-0.05, 0) is 70.5 Å². The van der Waals surface area contributed by atoms with E-state index in [1.807, 2.05) is 67.6 Å². The number of carbonyl (C=O) groups is 3. The molecule has 49 heavy (non-hydrogen) atoms. The number of esters is 1. The molecule has 4 aromatic rings. The van der Waals surface area contributed by atoms with Gasteiger partial charge in [-0.15, -0.1) is 0 Å². The van der Waals surface area contributed by atoms with Crippen LogP contribution in [0.15, 0.2) is 97.1 Å². The van der Waals surface area contributed by atoms with E-state index in [1.165, 1.54) is 17.0 Å². The highest BCUT2D eigenvalue weighted by atomic mass is 19.4. The van der Waals surface area contributed by atoms with E-state index in [9.17, 15) is 27.6 Å². The SMILES string of the molecule is CCCCOC(=O)C(CNC(=O)OC(=O)N1CCc2ccc(OCc3ccc(C(F)(F)F)cc3)cc2C1)c1ccc(-c2ccccc2)cc1. The van der Waals surface area contributed by atoms with Gasteiger partial charge in [-0.25, -0.2) is 9.59 Å². The number of nitrogens with zero attached hydrogens (tertiary/aromatic N) is 1. The van der Waals surface area contributed by atoms with Gasteiger partial charge in [0.2, 0.25) is 0 Å². The number of amides is 2. The Morgan fingerprint density at radius 2 is 1.59 bits per heavy atom. The van der Waals surface area contributed by atoms with Crippen molar-refractivity contribution >= 4 is 18.2 Å². The molecule has 0 saturated heterocycles. The highest BCUT2D eigenvalue weighted by Gasteiger charge is 2.30. The van der Waals surface area contributed by atoms with Crippen LogP contribution in [0.2, 0.25) is 0 Å². The van der Waals surface area contributed by atoms with Gasteiger partial charge in [0, 0.05) is 19.6 Å². The molecule has 1 aliphatic heterocycles. The molecular weight excluding hydrogens is 637 g/mol. The van der Waals surface area contributed by atoms with Crippen molar-refractivity contribution in [1.82, 2.24) is 10.2 Å². The number of fused-ring (bicyclic) bond motifs is 1.